The second kappa shape index (κ2) is 12.4. The highest BCUT2D eigenvalue weighted by atomic mass is 16.5. The summed E-state index contributed by atoms with van der Waals surface area (Å²) in [4.78, 5) is 28.7. The van der Waals surface area contributed by atoms with Gasteiger partial charge < -0.3 is 24.8 Å². The van der Waals surface area contributed by atoms with Gasteiger partial charge in [-0.25, -0.2) is 0 Å². The van der Waals surface area contributed by atoms with Gasteiger partial charge in [-0.15, -0.1) is 0 Å². The zero-order valence-corrected chi connectivity index (χ0v) is 23.6. The SMILES string of the molecule is CCC/C(=C\c1ccccc1O)CC[C@H]1OB(O)C[C@H]2C1=C(CC)C[C@H]1C(=O)N(c3cccc(B(O)O)c3)C(=O)[C@H]12. The summed E-state index contributed by atoms with van der Waals surface area (Å²) in [6.07, 6.45) is 6.20. The van der Waals surface area contributed by atoms with Crippen molar-refractivity contribution in [1.29, 1.82) is 0 Å². The first-order valence-corrected chi connectivity index (χ1v) is 14.6. The van der Waals surface area contributed by atoms with Crippen LogP contribution in [0.5, 0.6) is 5.75 Å². The van der Waals surface area contributed by atoms with Crippen LogP contribution >= 0.6 is 0 Å². The molecular formula is C31H37B2NO7. The Balaban J connectivity index is 1.43. The van der Waals surface area contributed by atoms with Crippen LogP contribution in [0.25, 0.3) is 6.08 Å². The topological polar surface area (TPSA) is 128 Å². The molecule has 2 aliphatic heterocycles. The second-order valence-corrected chi connectivity index (χ2v) is 11.3. The Bertz CT molecular complexity index is 1370. The fourth-order valence-electron chi connectivity index (χ4n) is 6.92. The number of allylic oxidation sites excluding steroid dienone is 2. The molecule has 0 bridgehead atoms. The van der Waals surface area contributed by atoms with Gasteiger partial charge in [-0.05, 0) is 73.6 Å². The Labute approximate surface area is 241 Å². The molecule has 0 saturated carbocycles. The van der Waals surface area contributed by atoms with E-state index in [9.17, 15) is 29.8 Å². The maximum absolute atomic E-state index is 13.9. The lowest BCUT2D eigenvalue weighted by molar-refractivity contribution is -0.122. The lowest BCUT2D eigenvalue weighted by atomic mass is 9.58. The molecule has 3 aliphatic rings. The monoisotopic (exact) mass is 557 g/mol. The molecule has 2 aromatic carbocycles. The van der Waals surface area contributed by atoms with Crippen molar-refractivity contribution in [2.45, 2.75) is 64.8 Å². The van der Waals surface area contributed by atoms with Crippen molar-refractivity contribution < 1.29 is 34.4 Å². The second-order valence-electron chi connectivity index (χ2n) is 11.3. The van der Waals surface area contributed by atoms with Crippen LogP contribution in [-0.2, 0) is 14.2 Å². The molecule has 5 rings (SSSR count). The van der Waals surface area contributed by atoms with E-state index in [4.69, 9.17) is 4.65 Å². The van der Waals surface area contributed by atoms with Crippen LogP contribution in [0.15, 0.2) is 65.3 Å². The first kappa shape index (κ1) is 29.3. The highest BCUT2D eigenvalue weighted by molar-refractivity contribution is 6.58. The molecule has 4 atom stereocenters. The van der Waals surface area contributed by atoms with E-state index in [1.807, 2.05) is 25.1 Å². The highest BCUT2D eigenvalue weighted by Gasteiger charge is 2.57. The lowest BCUT2D eigenvalue weighted by Crippen LogP contribution is -2.46. The Morgan fingerprint density at radius 1 is 1.07 bits per heavy atom. The predicted molar refractivity (Wildman–Crippen MR) is 159 cm³/mol. The number of phenols is 1. The summed E-state index contributed by atoms with van der Waals surface area (Å²) in [5.41, 5.74) is 4.61. The van der Waals surface area contributed by atoms with Crippen molar-refractivity contribution in [3.05, 3.63) is 70.8 Å². The summed E-state index contributed by atoms with van der Waals surface area (Å²) in [5, 5.41) is 40.4. The molecule has 41 heavy (non-hydrogen) atoms. The van der Waals surface area contributed by atoms with Crippen molar-refractivity contribution in [3.8, 4) is 5.75 Å². The van der Waals surface area contributed by atoms with Crippen molar-refractivity contribution >= 4 is 43.3 Å². The third-order valence-electron chi connectivity index (χ3n) is 8.76. The molecule has 4 N–H and O–H groups in total. The average Bonchev–Trinajstić information content (AvgIpc) is 3.21. The summed E-state index contributed by atoms with van der Waals surface area (Å²) < 4.78 is 6.11. The fraction of sp³-hybridized carbons (Fsp3) is 0.419. The number of anilines is 1. The minimum Gasteiger partial charge on any atom is -0.507 e. The fourth-order valence-corrected chi connectivity index (χ4v) is 6.92. The van der Waals surface area contributed by atoms with Crippen LogP contribution in [0.3, 0.4) is 0 Å². The number of rotatable bonds is 9. The third-order valence-corrected chi connectivity index (χ3v) is 8.76. The third kappa shape index (κ3) is 5.79. The van der Waals surface area contributed by atoms with Gasteiger partial charge in [-0.1, -0.05) is 67.8 Å². The molecule has 2 saturated heterocycles. The van der Waals surface area contributed by atoms with E-state index in [2.05, 4.69) is 6.92 Å². The van der Waals surface area contributed by atoms with E-state index < -0.39 is 26.1 Å². The Kier molecular flexibility index (Phi) is 8.85. The van der Waals surface area contributed by atoms with E-state index >= 15 is 0 Å². The Morgan fingerprint density at radius 3 is 2.56 bits per heavy atom. The van der Waals surface area contributed by atoms with E-state index in [-0.39, 0.29) is 41.4 Å². The van der Waals surface area contributed by atoms with Gasteiger partial charge in [0.05, 0.1) is 23.6 Å². The summed E-state index contributed by atoms with van der Waals surface area (Å²) in [6, 6.07) is 13.4. The van der Waals surface area contributed by atoms with Crippen molar-refractivity contribution in [2.75, 3.05) is 4.90 Å². The number of hydrogen-bond donors (Lipinski definition) is 4. The van der Waals surface area contributed by atoms with Gasteiger partial charge in [0, 0.05) is 5.56 Å². The minimum absolute atomic E-state index is 0.201. The molecule has 0 unspecified atom stereocenters. The van der Waals surface area contributed by atoms with Crippen LogP contribution in [0.2, 0.25) is 6.32 Å². The first-order valence-electron chi connectivity index (χ1n) is 14.6. The molecule has 1 aliphatic carbocycles. The van der Waals surface area contributed by atoms with E-state index in [0.717, 1.165) is 29.6 Å². The molecule has 2 amide bonds. The lowest BCUT2D eigenvalue weighted by Gasteiger charge is -2.43. The summed E-state index contributed by atoms with van der Waals surface area (Å²) >= 11 is 0. The quantitative estimate of drug-likeness (QED) is 0.211. The Morgan fingerprint density at radius 2 is 1.85 bits per heavy atom. The van der Waals surface area contributed by atoms with Gasteiger partial charge in [-0.2, -0.15) is 0 Å². The van der Waals surface area contributed by atoms with Gasteiger partial charge in [-0.3, -0.25) is 14.5 Å². The molecule has 0 aromatic heterocycles. The largest absolute Gasteiger partial charge is 0.507 e. The molecule has 214 valence electrons. The van der Waals surface area contributed by atoms with E-state index in [1.54, 1.807) is 24.3 Å². The molecule has 2 aromatic rings. The normalized spacial score (nSPS) is 24.6. The number of hydrogen-bond acceptors (Lipinski definition) is 7. The standard InChI is InChI=1S/C31H37B2NO7/c1-3-8-19(15-21-9-5-6-12-26(21)35)13-14-27-28-20(4-2)16-24-29(25(28)18-32(38)41-27)31(37)34(30(24)36)23-11-7-10-22(17-23)33(39)40/h5-7,9-12,15,17,24-25,27,29,35,38-40H,3-4,8,13-14,16,18H2,1-2H3/b19-15+/t24-,25+,27-,29-/m1/s1. The highest BCUT2D eigenvalue weighted by Crippen LogP contribution is 2.51. The number of para-hydroxylation sites is 1. The van der Waals surface area contributed by atoms with E-state index in [1.165, 1.54) is 22.6 Å². The van der Waals surface area contributed by atoms with Crippen LogP contribution in [0, 0.1) is 17.8 Å². The number of phenolic OH excluding ortho intramolecular Hbond substituents is 1. The molecule has 10 heteroatoms. The summed E-state index contributed by atoms with van der Waals surface area (Å²) in [7, 11) is -2.76. The van der Waals surface area contributed by atoms with Gasteiger partial charge in [0.25, 0.3) is 0 Å². The number of fused-ring (bicyclic) bond motifs is 3. The molecule has 8 nitrogen and oxygen atoms in total. The number of nitrogens with zero attached hydrogens (tertiary/aromatic N) is 1. The minimum atomic E-state index is -1.71. The van der Waals surface area contributed by atoms with Crippen LogP contribution in [0.1, 0.15) is 57.9 Å². The van der Waals surface area contributed by atoms with Gasteiger partial charge >= 0.3 is 14.2 Å². The summed E-state index contributed by atoms with van der Waals surface area (Å²) in [5.74, 6) is -1.83. The number of carbonyl (C=O) groups excluding carboxylic acids is 2. The van der Waals surface area contributed by atoms with Crippen molar-refractivity contribution in [1.82, 2.24) is 0 Å². The maximum Gasteiger partial charge on any atom is 0.488 e. The van der Waals surface area contributed by atoms with Crippen molar-refractivity contribution in [2.24, 2.45) is 17.8 Å². The number of amides is 2. The summed E-state index contributed by atoms with van der Waals surface area (Å²) in [6.45, 7) is 4.16. The number of carbonyl (C=O) groups is 2. The number of imide groups is 1. The maximum atomic E-state index is 13.9. The van der Waals surface area contributed by atoms with Gasteiger partial charge in [0.1, 0.15) is 5.75 Å². The zero-order chi connectivity index (χ0) is 29.3. The van der Waals surface area contributed by atoms with Crippen LogP contribution < -0.4 is 10.4 Å². The number of aromatic hydroxyl groups is 1. The molecular weight excluding hydrogens is 520 g/mol. The van der Waals surface area contributed by atoms with E-state index in [0.29, 0.717) is 31.4 Å². The molecule has 2 heterocycles. The molecule has 2 fully saturated rings. The number of benzene rings is 2. The van der Waals surface area contributed by atoms with Gasteiger partial charge in [0.2, 0.25) is 11.8 Å². The van der Waals surface area contributed by atoms with Gasteiger partial charge in [0.15, 0.2) is 0 Å². The zero-order valence-electron chi connectivity index (χ0n) is 23.6. The molecule has 0 radical (unpaired) electrons. The van der Waals surface area contributed by atoms with Crippen LogP contribution in [-0.4, -0.2) is 52.3 Å². The average molecular weight is 557 g/mol. The van der Waals surface area contributed by atoms with Crippen molar-refractivity contribution in [3.63, 3.8) is 0 Å². The first-order chi connectivity index (χ1) is 19.7. The molecule has 0 spiro atoms. The van der Waals surface area contributed by atoms with Crippen LogP contribution in [0.4, 0.5) is 5.69 Å². The smallest absolute Gasteiger partial charge is 0.488 e. The predicted octanol–water partition coefficient (Wildman–Crippen LogP) is 3.45. The Hall–Kier alpha value is -3.17.